The van der Waals surface area contributed by atoms with E-state index in [0.29, 0.717) is 16.7 Å². The minimum absolute atomic E-state index is 0.0190. The molecule has 1 amide bonds. The van der Waals surface area contributed by atoms with Gasteiger partial charge in [0.25, 0.3) is 11.6 Å². The van der Waals surface area contributed by atoms with Crippen molar-refractivity contribution in [3.05, 3.63) is 64.4 Å². The molecule has 2 aromatic carbocycles. The lowest BCUT2D eigenvalue weighted by molar-refractivity contribution is -0.384. The minimum atomic E-state index is -0.538. The van der Waals surface area contributed by atoms with E-state index < -0.39 is 10.8 Å². The molecule has 0 saturated carbocycles. The average Bonchev–Trinajstić information content (AvgIpc) is 2.90. The Hall–Kier alpha value is -3.35. The molecular weight excluding hydrogens is 288 g/mol. The zero-order chi connectivity index (χ0) is 15.7. The maximum atomic E-state index is 12.3. The fourth-order valence-electron chi connectivity index (χ4n) is 2.09. The summed E-state index contributed by atoms with van der Waals surface area (Å²) < 4.78 is 5.23. The maximum absolute atomic E-state index is 12.3. The minimum Gasteiger partial charge on any atom is -0.508 e. The number of fused-ring (bicyclic) bond motifs is 1. The highest BCUT2D eigenvalue weighted by atomic mass is 16.6. The van der Waals surface area contributed by atoms with E-state index in [4.69, 9.17) is 4.42 Å². The zero-order valence-corrected chi connectivity index (χ0v) is 11.1. The third-order valence-electron chi connectivity index (χ3n) is 3.12. The highest BCUT2D eigenvalue weighted by molar-refractivity contribution is 6.12. The molecule has 2 N–H and O–H groups in total. The summed E-state index contributed by atoms with van der Waals surface area (Å²) in [7, 11) is 0. The van der Waals surface area contributed by atoms with Crippen molar-refractivity contribution >= 4 is 28.3 Å². The van der Waals surface area contributed by atoms with E-state index in [0.717, 1.165) is 0 Å². The summed E-state index contributed by atoms with van der Waals surface area (Å²) in [5.41, 5.74) is 0.846. The molecule has 22 heavy (non-hydrogen) atoms. The number of nitro benzene ring substituents is 1. The summed E-state index contributed by atoms with van der Waals surface area (Å²) in [5, 5.41) is 23.2. The van der Waals surface area contributed by atoms with E-state index >= 15 is 0 Å². The number of nitrogens with zero attached hydrogens (tertiary/aromatic N) is 1. The second kappa shape index (κ2) is 5.21. The first kappa shape index (κ1) is 13.6. The first-order valence-corrected chi connectivity index (χ1v) is 6.30. The van der Waals surface area contributed by atoms with Crippen LogP contribution in [-0.2, 0) is 0 Å². The molecule has 1 heterocycles. The average molecular weight is 298 g/mol. The number of carbonyl (C=O) groups excluding carboxylic acids is 1. The molecule has 0 radical (unpaired) electrons. The molecule has 1 aromatic heterocycles. The second-order valence-electron chi connectivity index (χ2n) is 4.59. The van der Waals surface area contributed by atoms with Gasteiger partial charge in [0.05, 0.1) is 10.5 Å². The van der Waals surface area contributed by atoms with Crippen molar-refractivity contribution in [2.45, 2.75) is 0 Å². The second-order valence-corrected chi connectivity index (χ2v) is 4.59. The van der Waals surface area contributed by atoms with E-state index in [1.165, 1.54) is 36.6 Å². The molecule has 0 aliphatic carbocycles. The summed E-state index contributed by atoms with van der Waals surface area (Å²) in [4.78, 5) is 22.5. The number of nitrogens with one attached hydrogen (secondary N) is 1. The number of furan rings is 1. The molecule has 0 saturated heterocycles. The molecule has 7 heteroatoms. The third-order valence-corrected chi connectivity index (χ3v) is 3.12. The summed E-state index contributed by atoms with van der Waals surface area (Å²) in [6, 6.07) is 10.1. The monoisotopic (exact) mass is 298 g/mol. The van der Waals surface area contributed by atoms with Gasteiger partial charge in [-0.3, -0.25) is 14.9 Å². The largest absolute Gasteiger partial charge is 0.508 e. The Morgan fingerprint density at radius 3 is 2.77 bits per heavy atom. The van der Waals surface area contributed by atoms with Crippen LogP contribution in [-0.4, -0.2) is 15.9 Å². The van der Waals surface area contributed by atoms with E-state index in [9.17, 15) is 20.0 Å². The van der Waals surface area contributed by atoms with Crippen LogP contribution in [0.2, 0.25) is 0 Å². The molecule has 0 aliphatic rings. The number of phenols is 1. The topological polar surface area (TPSA) is 106 Å². The van der Waals surface area contributed by atoms with Crippen molar-refractivity contribution in [3.63, 3.8) is 0 Å². The van der Waals surface area contributed by atoms with Crippen molar-refractivity contribution in [1.82, 2.24) is 0 Å². The standard InChI is InChI=1S/C15H10N2O5/c18-11-3-1-2-9(6-11)16-15(19)13-8-22-14-5-4-10(17(20)21)7-12(13)14/h1-8,18H,(H,16,19). The number of hydrogen-bond acceptors (Lipinski definition) is 5. The SMILES string of the molecule is O=C(Nc1cccc(O)c1)c1coc2ccc([N+](=O)[O-])cc12. The fourth-order valence-corrected chi connectivity index (χ4v) is 2.09. The number of aromatic hydroxyl groups is 1. The van der Waals surface area contributed by atoms with Crippen molar-refractivity contribution in [3.8, 4) is 5.75 Å². The van der Waals surface area contributed by atoms with Crippen molar-refractivity contribution in [2.24, 2.45) is 0 Å². The predicted octanol–water partition coefficient (Wildman–Crippen LogP) is 3.30. The maximum Gasteiger partial charge on any atom is 0.270 e. The number of anilines is 1. The molecule has 0 unspecified atom stereocenters. The van der Waals surface area contributed by atoms with Gasteiger partial charge in [-0.2, -0.15) is 0 Å². The number of rotatable bonds is 3. The highest BCUT2D eigenvalue weighted by Crippen LogP contribution is 2.26. The van der Waals surface area contributed by atoms with Gasteiger partial charge in [0, 0.05) is 29.3 Å². The summed E-state index contributed by atoms with van der Waals surface area (Å²) in [6.45, 7) is 0. The van der Waals surface area contributed by atoms with E-state index in [1.54, 1.807) is 12.1 Å². The Balaban J connectivity index is 1.97. The Morgan fingerprint density at radius 2 is 2.05 bits per heavy atom. The van der Waals surface area contributed by atoms with Gasteiger partial charge in [-0.05, 0) is 18.2 Å². The molecule has 0 bridgehead atoms. The number of hydrogen-bond donors (Lipinski definition) is 2. The fraction of sp³-hybridized carbons (Fsp3) is 0. The van der Waals surface area contributed by atoms with Crippen LogP contribution in [0.15, 0.2) is 53.1 Å². The Kier molecular flexibility index (Phi) is 3.23. The predicted molar refractivity (Wildman–Crippen MR) is 78.9 cm³/mol. The molecule has 3 aromatic rings. The number of nitro groups is 1. The van der Waals surface area contributed by atoms with Crippen LogP contribution in [0, 0.1) is 10.1 Å². The van der Waals surface area contributed by atoms with Gasteiger partial charge in [0.2, 0.25) is 0 Å². The van der Waals surface area contributed by atoms with Gasteiger partial charge >= 0.3 is 0 Å². The van der Waals surface area contributed by atoms with Gasteiger partial charge < -0.3 is 14.8 Å². The highest BCUT2D eigenvalue weighted by Gasteiger charge is 2.17. The van der Waals surface area contributed by atoms with Crippen molar-refractivity contribution in [1.29, 1.82) is 0 Å². The van der Waals surface area contributed by atoms with Gasteiger partial charge in [-0.25, -0.2) is 0 Å². The lowest BCUT2D eigenvalue weighted by atomic mass is 10.1. The third kappa shape index (κ3) is 2.47. The number of carbonyl (C=O) groups is 1. The van der Waals surface area contributed by atoms with Crippen LogP contribution in [0.1, 0.15) is 10.4 Å². The van der Waals surface area contributed by atoms with E-state index in [-0.39, 0.29) is 17.0 Å². The normalized spacial score (nSPS) is 10.5. The lowest BCUT2D eigenvalue weighted by Gasteiger charge is -2.04. The number of phenolic OH excluding ortho intramolecular Hbond substituents is 1. The van der Waals surface area contributed by atoms with Gasteiger partial charge in [0.1, 0.15) is 17.6 Å². The van der Waals surface area contributed by atoms with Crippen LogP contribution in [0.3, 0.4) is 0 Å². The molecule has 0 aliphatic heterocycles. The molecule has 0 atom stereocenters. The zero-order valence-electron chi connectivity index (χ0n) is 11.1. The quantitative estimate of drug-likeness (QED) is 0.570. The van der Waals surface area contributed by atoms with E-state index in [1.807, 2.05) is 0 Å². The molecule has 0 fully saturated rings. The van der Waals surface area contributed by atoms with Crippen LogP contribution in [0.25, 0.3) is 11.0 Å². The molecular formula is C15H10N2O5. The number of non-ortho nitro benzene ring substituents is 1. The number of benzene rings is 2. The van der Waals surface area contributed by atoms with E-state index in [2.05, 4.69) is 5.32 Å². The van der Waals surface area contributed by atoms with Crippen molar-refractivity contribution in [2.75, 3.05) is 5.32 Å². The van der Waals surface area contributed by atoms with Gasteiger partial charge in [-0.15, -0.1) is 0 Å². The van der Waals surface area contributed by atoms with Crippen LogP contribution < -0.4 is 5.32 Å². The molecule has 7 nitrogen and oxygen atoms in total. The van der Waals surface area contributed by atoms with Crippen LogP contribution in [0.4, 0.5) is 11.4 Å². The lowest BCUT2D eigenvalue weighted by Crippen LogP contribution is -2.11. The molecule has 110 valence electrons. The Morgan fingerprint density at radius 1 is 1.23 bits per heavy atom. The summed E-state index contributed by atoms with van der Waals surface area (Å²) in [5.74, 6) is -0.463. The number of amides is 1. The van der Waals surface area contributed by atoms with Crippen molar-refractivity contribution < 1.29 is 19.2 Å². The molecule has 0 spiro atoms. The smallest absolute Gasteiger partial charge is 0.270 e. The Bertz CT molecular complexity index is 885. The first-order valence-electron chi connectivity index (χ1n) is 6.30. The summed E-state index contributed by atoms with van der Waals surface area (Å²) >= 11 is 0. The van der Waals surface area contributed by atoms with Crippen LogP contribution >= 0.6 is 0 Å². The first-order chi connectivity index (χ1) is 10.5. The Labute approximate surface area is 123 Å². The summed E-state index contributed by atoms with van der Waals surface area (Å²) in [6.07, 6.45) is 1.24. The molecule has 3 rings (SSSR count). The van der Waals surface area contributed by atoms with Gasteiger partial charge in [0.15, 0.2) is 0 Å². The van der Waals surface area contributed by atoms with Crippen LogP contribution in [0.5, 0.6) is 5.75 Å². The van der Waals surface area contributed by atoms with Gasteiger partial charge in [-0.1, -0.05) is 6.07 Å².